The SMILES string of the molecule is CC(=N)c1nc(-c2cc(OCC(Cc3c[nH]c4ccccc34)NC(=O)OC(C)(C)C)c(N)nc2Cl)cnc1N. The van der Waals surface area contributed by atoms with Crippen LogP contribution in [0, 0.1) is 5.41 Å². The molecule has 0 radical (unpaired) electrons. The number of nitrogens with zero attached hydrogens (tertiary/aromatic N) is 3. The molecule has 4 rings (SSSR count). The van der Waals surface area contributed by atoms with E-state index in [9.17, 15) is 4.79 Å². The summed E-state index contributed by atoms with van der Waals surface area (Å²) in [7, 11) is 0. The Bertz CT molecular complexity index is 1530. The number of anilines is 2. The highest BCUT2D eigenvalue weighted by Gasteiger charge is 2.22. The molecule has 0 fully saturated rings. The average molecular weight is 551 g/mol. The number of aromatic amines is 1. The van der Waals surface area contributed by atoms with Gasteiger partial charge in [0.05, 0.1) is 23.6 Å². The van der Waals surface area contributed by atoms with Gasteiger partial charge in [-0.1, -0.05) is 29.8 Å². The molecule has 0 bridgehead atoms. The number of para-hydroxylation sites is 1. The van der Waals surface area contributed by atoms with Crippen molar-refractivity contribution in [1.29, 1.82) is 5.41 Å². The summed E-state index contributed by atoms with van der Waals surface area (Å²) in [4.78, 5) is 28.6. The molecule has 12 heteroatoms. The molecule has 7 N–H and O–H groups in total. The maximum Gasteiger partial charge on any atom is 0.408 e. The highest BCUT2D eigenvalue weighted by Crippen LogP contribution is 2.33. The smallest absolute Gasteiger partial charge is 0.408 e. The Labute approximate surface area is 230 Å². The number of fused-ring (bicyclic) bond motifs is 1. The topological polar surface area (TPSA) is 178 Å². The third-order valence-electron chi connectivity index (χ3n) is 5.70. The second kappa shape index (κ2) is 11.2. The summed E-state index contributed by atoms with van der Waals surface area (Å²) >= 11 is 6.37. The number of aromatic nitrogens is 4. The second-order valence-electron chi connectivity index (χ2n) is 10.0. The molecular weight excluding hydrogens is 520 g/mol. The third-order valence-corrected chi connectivity index (χ3v) is 5.99. The molecule has 0 aliphatic rings. The lowest BCUT2D eigenvalue weighted by molar-refractivity contribution is 0.0488. The Morgan fingerprint density at radius 3 is 2.67 bits per heavy atom. The van der Waals surface area contributed by atoms with Crippen molar-refractivity contribution in [1.82, 2.24) is 25.3 Å². The summed E-state index contributed by atoms with van der Waals surface area (Å²) in [6.07, 6.45) is 3.25. The predicted octanol–water partition coefficient (Wildman–Crippen LogP) is 4.74. The zero-order chi connectivity index (χ0) is 28.3. The van der Waals surface area contributed by atoms with Gasteiger partial charge in [-0.25, -0.2) is 19.7 Å². The van der Waals surface area contributed by atoms with E-state index in [-0.39, 0.29) is 40.6 Å². The summed E-state index contributed by atoms with van der Waals surface area (Å²) in [5, 5.41) is 11.9. The summed E-state index contributed by atoms with van der Waals surface area (Å²) < 4.78 is 11.5. The molecule has 0 saturated heterocycles. The standard InChI is InChI=1S/C27H31ClN8O3/c1-14(29)22-25(31)33-12-20(35-22)18-10-21(24(30)36-23(18)28)38-13-16(34-26(37)39-27(2,3)4)9-15-11-32-19-8-6-5-7-17(15)19/h5-8,10-12,16,29,32H,9,13H2,1-4H3,(H2,30,36)(H2,31,33)(H,34,37). The Morgan fingerprint density at radius 2 is 1.95 bits per heavy atom. The Hall–Kier alpha value is -4.38. The first-order chi connectivity index (χ1) is 18.4. The molecule has 1 amide bonds. The number of nitrogens with one attached hydrogen (secondary N) is 3. The number of alkyl carbamates (subject to hydrolysis) is 1. The van der Waals surface area contributed by atoms with Gasteiger partial charge in [-0.2, -0.15) is 0 Å². The number of pyridine rings is 1. The van der Waals surface area contributed by atoms with E-state index >= 15 is 0 Å². The molecule has 1 aromatic carbocycles. The number of nitrogens with two attached hydrogens (primary N) is 2. The first-order valence-electron chi connectivity index (χ1n) is 12.2. The highest BCUT2D eigenvalue weighted by molar-refractivity contribution is 6.32. The van der Waals surface area contributed by atoms with Crippen molar-refractivity contribution < 1.29 is 14.3 Å². The van der Waals surface area contributed by atoms with E-state index in [1.165, 1.54) is 6.20 Å². The van der Waals surface area contributed by atoms with Crippen LogP contribution >= 0.6 is 11.6 Å². The number of benzene rings is 1. The maximum absolute atomic E-state index is 12.6. The van der Waals surface area contributed by atoms with E-state index in [2.05, 4.69) is 25.3 Å². The zero-order valence-electron chi connectivity index (χ0n) is 22.1. The molecule has 3 aromatic heterocycles. The lowest BCUT2D eigenvalue weighted by atomic mass is 10.1. The van der Waals surface area contributed by atoms with Crippen LogP contribution in [0.25, 0.3) is 22.2 Å². The molecular formula is C27H31ClN8O3. The zero-order valence-corrected chi connectivity index (χ0v) is 22.9. The van der Waals surface area contributed by atoms with Crippen LogP contribution in [0.4, 0.5) is 16.4 Å². The van der Waals surface area contributed by atoms with Gasteiger partial charge in [0.2, 0.25) is 0 Å². The van der Waals surface area contributed by atoms with Crippen molar-refractivity contribution in [3.05, 3.63) is 59.1 Å². The summed E-state index contributed by atoms with van der Waals surface area (Å²) in [6, 6.07) is 9.04. The number of nitrogen functional groups attached to an aromatic ring is 2. The molecule has 0 saturated carbocycles. The van der Waals surface area contributed by atoms with Crippen LogP contribution in [0.2, 0.25) is 5.15 Å². The number of hydrogen-bond acceptors (Lipinski definition) is 9. The molecule has 204 valence electrons. The number of hydrogen-bond donors (Lipinski definition) is 5. The molecule has 3 heterocycles. The van der Waals surface area contributed by atoms with Gasteiger partial charge < -0.3 is 36.7 Å². The summed E-state index contributed by atoms with van der Waals surface area (Å²) in [5.74, 6) is 0.449. The van der Waals surface area contributed by atoms with Gasteiger partial charge in [0, 0.05) is 22.7 Å². The molecule has 1 atom stereocenters. The average Bonchev–Trinajstić information content (AvgIpc) is 3.25. The minimum absolute atomic E-state index is 0.0595. The largest absolute Gasteiger partial charge is 0.488 e. The monoisotopic (exact) mass is 550 g/mol. The van der Waals surface area contributed by atoms with Crippen molar-refractivity contribution in [2.24, 2.45) is 0 Å². The molecule has 0 aliphatic carbocycles. The number of carbonyl (C=O) groups excluding carboxylic acids is 1. The van der Waals surface area contributed by atoms with Gasteiger partial charge in [0.1, 0.15) is 23.1 Å². The molecule has 4 aromatic rings. The number of halogens is 1. The second-order valence-corrected chi connectivity index (χ2v) is 10.4. The normalized spacial score (nSPS) is 12.2. The van der Waals surface area contributed by atoms with Crippen LogP contribution in [0.15, 0.2) is 42.7 Å². The molecule has 1 unspecified atom stereocenters. The van der Waals surface area contributed by atoms with E-state index in [0.717, 1.165) is 16.5 Å². The van der Waals surface area contributed by atoms with Crippen molar-refractivity contribution in [2.75, 3.05) is 18.1 Å². The van der Waals surface area contributed by atoms with E-state index in [0.29, 0.717) is 17.7 Å². The van der Waals surface area contributed by atoms with Gasteiger partial charge >= 0.3 is 6.09 Å². The van der Waals surface area contributed by atoms with Crippen LogP contribution in [-0.4, -0.2) is 50.0 Å². The first-order valence-corrected chi connectivity index (χ1v) is 12.6. The Morgan fingerprint density at radius 1 is 1.21 bits per heavy atom. The van der Waals surface area contributed by atoms with Gasteiger partial charge in [-0.3, -0.25) is 0 Å². The highest BCUT2D eigenvalue weighted by atomic mass is 35.5. The van der Waals surface area contributed by atoms with Crippen molar-refractivity contribution in [3.8, 4) is 17.0 Å². The number of ether oxygens (including phenoxy) is 2. The number of amides is 1. The minimum Gasteiger partial charge on any atom is -0.488 e. The fraction of sp³-hybridized carbons (Fsp3) is 0.296. The van der Waals surface area contributed by atoms with Crippen LogP contribution in [-0.2, 0) is 11.2 Å². The molecule has 0 aliphatic heterocycles. The molecule has 0 spiro atoms. The number of carbonyl (C=O) groups is 1. The predicted molar refractivity (Wildman–Crippen MR) is 152 cm³/mol. The maximum atomic E-state index is 12.6. The van der Waals surface area contributed by atoms with Gasteiger partial charge in [-0.05, 0) is 51.8 Å². The fourth-order valence-corrected chi connectivity index (χ4v) is 4.21. The van der Waals surface area contributed by atoms with E-state index in [1.54, 1.807) is 33.8 Å². The first kappa shape index (κ1) is 27.6. The number of H-pyrrole nitrogens is 1. The molecule has 39 heavy (non-hydrogen) atoms. The van der Waals surface area contributed by atoms with E-state index < -0.39 is 17.7 Å². The fourth-order valence-electron chi connectivity index (χ4n) is 3.97. The van der Waals surface area contributed by atoms with Crippen molar-refractivity contribution >= 4 is 45.9 Å². The van der Waals surface area contributed by atoms with E-state index in [4.69, 9.17) is 38.0 Å². The lowest BCUT2D eigenvalue weighted by Gasteiger charge is -2.24. The Balaban J connectivity index is 1.60. The van der Waals surface area contributed by atoms with Gasteiger partial charge in [0.25, 0.3) is 0 Å². The van der Waals surface area contributed by atoms with Gasteiger partial charge in [0.15, 0.2) is 17.4 Å². The van der Waals surface area contributed by atoms with Crippen LogP contribution < -0.4 is 21.5 Å². The van der Waals surface area contributed by atoms with Crippen molar-refractivity contribution in [3.63, 3.8) is 0 Å². The Kier molecular flexibility index (Phi) is 7.91. The molecule has 11 nitrogen and oxygen atoms in total. The van der Waals surface area contributed by atoms with Crippen LogP contribution in [0.3, 0.4) is 0 Å². The minimum atomic E-state index is -0.663. The summed E-state index contributed by atoms with van der Waals surface area (Å²) in [5.41, 5.74) is 14.5. The summed E-state index contributed by atoms with van der Waals surface area (Å²) in [6.45, 7) is 7.01. The third kappa shape index (κ3) is 6.74. The van der Waals surface area contributed by atoms with Crippen LogP contribution in [0.5, 0.6) is 5.75 Å². The van der Waals surface area contributed by atoms with E-state index in [1.807, 2.05) is 30.5 Å². The van der Waals surface area contributed by atoms with Crippen molar-refractivity contribution in [2.45, 2.75) is 45.8 Å². The van der Waals surface area contributed by atoms with Crippen LogP contribution in [0.1, 0.15) is 39.0 Å². The quantitative estimate of drug-likeness (QED) is 0.154. The van der Waals surface area contributed by atoms with Gasteiger partial charge in [-0.15, -0.1) is 0 Å². The number of rotatable bonds is 8. The lowest BCUT2D eigenvalue weighted by Crippen LogP contribution is -2.43.